The van der Waals surface area contributed by atoms with Crippen LogP contribution < -0.4 is 14.4 Å². The van der Waals surface area contributed by atoms with Crippen LogP contribution in [0.1, 0.15) is 31.9 Å². The molecule has 0 fully saturated rings. The average molecular weight is 607 g/mol. The van der Waals surface area contributed by atoms with Crippen molar-refractivity contribution in [2.24, 2.45) is 0 Å². The maximum absolute atomic E-state index is 14.0. The molecule has 11 heteroatoms. The summed E-state index contributed by atoms with van der Waals surface area (Å²) in [4.78, 5) is 28.3. The van der Waals surface area contributed by atoms with Crippen LogP contribution in [0.15, 0.2) is 71.6 Å². The number of benzene rings is 3. The lowest BCUT2D eigenvalue weighted by molar-refractivity contribution is -0.139. The van der Waals surface area contributed by atoms with E-state index in [9.17, 15) is 18.0 Å². The molecule has 0 spiro atoms. The van der Waals surface area contributed by atoms with E-state index in [1.165, 1.54) is 35.2 Å². The zero-order valence-electron chi connectivity index (χ0n) is 23.0. The van der Waals surface area contributed by atoms with E-state index in [0.29, 0.717) is 5.75 Å². The molecule has 0 radical (unpaired) electrons. The minimum atomic E-state index is -4.26. The van der Waals surface area contributed by atoms with Crippen molar-refractivity contribution in [2.75, 3.05) is 18.0 Å². The molecule has 8 nitrogen and oxygen atoms in total. The number of nitrogens with zero attached hydrogens (tertiary/aromatic N) is 2. The number of aryl methyl sites for hydroxylation is 1. The van der Waals surface area contributed by atoms with E-state index in [1.807, 2.05) is 20.8 Å². The summed E-state index contributed by atoms with van der Waals surface area (Å²) in [6, 6.07) is 16.6. The second-order valence-electron chi connectivity index (χ2n) is 9.63. The summed E-state index contributed by atoms with van der Waals surface area (Å²) in [6.45, 7) is 6.51. The number of hydrogen-bond donors (Lipinski definition) is 1. The molecule has 2 amide bonds. The van der Waals surface area contributed by atoms with E-state index in [-0.39, 0.29) is 39.1 Å². The van der Waals surface area contributed by atoms with E-state index >= 15 is 0 Å². The third kappa shape index (κ3) is 7.68. The van der Waals surface area contributed by atoms with Crippen LogP contribution in [0.5, 0.6) is 5.75 Å². The molecule has 0 aromatic heterocycles. The van der Waals surface area contributed by atoms with Crippen molar-refractivity contribution in [3.05, 3.63) is 87.9 Å². The number of carbonyl (C=O) groups excluding carboxylic acids is 2. The van der Waals surface area contributed by atoms with Gasteiger partial charge in [-0.25, -0.2) is 8.42 Å². The van der Waals surface area contributed by atoms with Crippen LogP contribution in [0.3, 0.4) is 0 Å². The maximum Gasteiger partial charge on any atom is 0.264 e. The molecule has 3 aromatic rings. The van der Waals surface area contributed by atoms with Crippen LogP contribution in [0.25, 0.3) is 0 Å². The number of sulfonamides is 1. The fourth-order valence-corrected chi connectivity index (χ4v) is 5.80. The van der Waals surface area contributed by atoms with Gasteiger partial charge in [0.15, 0.2) is 0 Å². The Kier molecular flexibility index (Phi) is 10.5. The number of halogens is 2. The fourth-order valence-electron chi connectivity index (χ4n) is 3.94. The highest BCUT2D eigenvalue weighted by molar-refractivity contribution is 7.92. The molecule has 0 heterocycles. The van der Waals surface area contributed by atoms with Gasteiger partial charge in [0.2, 0.25) is 11.8 Å². The first-order chi connectivity index (χ1) is 18.8. The molecule has 1 N–H and O–H groups in total. The predicted octanol–water partition coefficient (Wildman–Crippen LogP) is 5.45. The van der Waals surface area contributed by atoms with Crippen molar-refractivity contribution >= 4 is 50.7 Å². The van der Waals surface area contributed by atoms with Crippen LogP contribution in [0, 0.1) is 6.92 Å². The molecule has 0 saturated heterocycles. The second-order valence-corrected chi connectivity index (χ2v) is 12.3. The highest BCUT2D eigenvalue weighted by atomic mass is 35.5. The zero-order chi connectivity index (χ0) is 29.6. The van der Waals surface area contributed by atoms with E-state index in [0.717, 1.165) is 15.4 Å². The van der Waals surface area contributed by atoms with Crippen LogP contribution >= 0.6 is 23.2 Å². The minimum absolute atomic E-state index is 0.0192. The van der Waals surface area contributed by atoms with Crippen molar-refractivity contribution < 1.29 is 22.7 Å². The lowest BCUT2D eigenvalue weighted by Gasteiger charge is -2.32. The quantitative estimate of drug-likeness (QED) is 0.313. The van der Waals surface area contributed by atoms with Crippen LogP contribution in [0.2, 0.25) is 10.0 Å². The number of methoxy groups -OCH3 is 1. The van der Waals surface area contributed by atoms with Gasteiger partial charge in [-0.3, -0.25) is 13.9 Å². The van der Waals surface area contributed by atoms with Gasteiger partial charge in [-0.05, 0) is 75.7 Å². The van der Waals surface area contributed by atoms with E-state index in [1.54, 1.807) is 50.4 Å². The van der Waals surface area contributed by atoms with Crippen LogP contribution in [0.4, 0.5) is 5.69 Å². The Bertz CT molecular complexity index is 1450. The Morgan fingerprint density at radius 1 is 0.950 bits per heavy atom. The molecule has 0 aliphatic carbocycles. The first kappa shape index (κ1) is 31.3. The predicted molar refractivity (Wildman–Crippen MR) is 158 cm³/mol. The lowest BCUT2D eigenvalue weighted by atomic mass is 10.1. The van der Waals surface area contributed by atoms with Gasteiger partial charge in [-0.2, -0.15) is 0 Å². The number of hydrogen-bond acceptors (Lipinski definition) is 5. The van der Waals surface area contributed by atoms with Gasteiger partial charge in [0.1, 0.15) is 18.3 Å². The number of carbonyl (C=O) groups is 2. The molecule has 40 heavy (non-hydrogen) atoms. The molecule has 3 rings (SSSR count). The van der Waals surface area contributed by atoms with Crippen LogP contribution in [-0.4, -0.2) is 50.9 Å². The summed E-state index contributed by atoms with van der Waals surface area (Å²) >= 11 is 12.6. The zero-order valence-corrected chi connectivity index (χ0v) is 25.3. The molecule has 214 valence electrons. The summed E-state index contributed by atoms with van der Waals surface area (Å²) in [5, 5.41) is 3.17. The van der Waals surface area contributed by atoms with Gasteiger partial charge in [0.25, 0.3) is 10.0 Å². The SMILES string of the molecule is COc1ccc(CN(C(=O)CN(c2cc(Cl)ccc2Cl)S(=O)(=O)c2ccc(C)cc2)C(C)C(=O)NC(C)C)cc1. The van der Waals surface area contributed by atoms with Crippen molar-refractivity contribution in [1.82, 2.24) is 10.2 Å². The molecule has 0 bridgehead atoms. The summed E-state index contributed by atoms with van der Waals surface area (Å²) in [6.07, 6.45) is 0. The Morgan fingerprint density at radius 2 is 1.57 bits per heavy atom. The third-order valence-electron chi connectivity index (χ3n) is 6.17. The van der Waals surface area contributed by atoms with E-state index in [4.69, 9.17) is 27.9 Å². The highest BCUT2D eigenvalue weighted by Gasteiger charge is 2.33. The molecule has 0 aliphatic heterocycles. The average Bonchev–Trinajstić information content (AvgIpc) is 2.91. The maximum atomic E-state index is 14.0. The van der Waals surface area contributed by atoms with Gasteiger partial charge in [-0.1, -0.05) is 53.0 Å². The number of rotatable bonds is 11. The fraction of sp³-hybridized carbons (Fsp3) is 0.310. The van der Waals surface area contributed by atoms with Gasteiger partial charge in [0, 0.05) is 17.6 Å². The smallest absolute Gasteiger partial charge is 0.264 e. The van der Waals surface area contributed by atoms with Gasteiger partial charge >= 0.3 is 0 Å². The number of anilines is 1. The largest absolute Gasteiger partial charge is 0.497 e. The normalized spacial score (nSPS) is 12.1. The standard InChI is InChI=1S/C29H33Cl2N3O5S/c1-19(2)32-29(36)21(4)33(17-22-8-11-24(39-5)12-9-22)28(35)18-34(27-16-23(30)10-15-26(27)31)40(37,38)25-13-6-20(3)7-14-25/h6-16,19,21H,17-18H2,1-5H3,(H,32,36). The Hall–Kier alpha value is -3.27. The molecule has 0 saturated carbocycles. The van der Waals surface area contributed by atoms with Crippen molar-refractivity contribution in [3.63, 3.8) is 0 Å². The summed E-state index contributed by atoms with van der Waals surface area (Å²) < 4.78 is 34.0. The second kappa shape index (κ2) is 13.4. The number of nitrogens with one attached hydrogen (secondary N) is 1. The highest BCUT2D eigenvalue weighted by Crippen LogP contribution is 2.33. The Labute approximate surface area is 245 Å². The van der Waals surface area contributed by atoms with Gasteiger partial charge < -0.3 is 15.0 Å². The first-order valence-corrected chi connectivity index (χ1v) is 14.8. The molecule has 1 atom stereocenters. The van der Waals surface area contributed by atoms with E-state index < -0.39 is 28.5 Å². The molecule has 0 aliphatic rings. The summed E-state index contributed by atoms with van der Waals surface area (Å²) in [5.41, 5.74) is 1.65. The third-order valence-corrected chi connectivity index (χ3v) is 8.50. The molecule has 1 unspecified atom stereocenters. The monoisotopic (exact) mass is 605 g/mol. The number of amides is 2. The summed E-state index contributed by atoms with van der Waals surface area (Å²) in [7, 11) is -2.71. The minimum Gasteiger partial charge on any atom is -0.497 e. The molecular weight excluding hydrogens is 573 g/mol. The molecule has 3 aromatic carbocycles. The number of ether oxygens (including phenoxy) is 1. The lowest BCUT2D eigenvalue weighted by Crippen LogP contribution is -2.52. The molecular formula is C29H33Cl2N3O5S. The van der Waals surface area contributed by atoms with Crippen molar-refractivity contribution in [1.29, 1.82) is 0 Å². The van der Waals surface area contributed by atoms with Crippen molar-refractivity contribution in [3.8, 4) is 5.75 Å². The Balaban J connectivity index is 2.06. The van der Waals surface area contributed by atoms with E-state index in [2.05, 4.69) is 5.32 Å². The summed E-state index contributed by atoms with van der Waals surface area (Å²) in [5.74, 6) is -0.335. The first-order valence-electron chi connectivity index (χ1n) is 12.6. The topological polar surface area (TPSA) is 96.0 Å². The van der Waals surface area contributed by atoms with Gasteiger partial charge in [0.05, 0.1) is 22.7 Å². The van der Waals surface area contributed by atoms with Gasteiger partial charge in [-0.15, -0.1) is 0 Å². The Morgan fingerprint density at radius 3 is 2.15 bits per heavy atom. The van der Waals surface area contributed by atoms with Crippen molar-refractivity contribution in [2.45, 2.75) is 51.2 Å². The van der Waals surface area contributed by atoms with Crippen LogP contribution in [-0.2, 0) is 26.2 Å².